The summed E-state index contributed by atoms with van der Waals surface area (Å²) in [5.74, 6) is 2.19. The fraction of sp³-hybridized carbons (Fsp3) is 0.278. The summed E-state index contributed by atoms with van der Waals surface area (Å²) in [5.41, 5.74) is 1.49. The van der Waals surface area contributed by atoms with Crippen molar-refractivity contribution < 1.29 is 19.0 Å². The first-order valence-corrected chi connectivity index (χ1v) is 7.17. The van der Waals surface area contributed by atoms with Gasteiger partial charge in [0.2, 0.25) is 0 Å². The normalized spacial score (nSPS) is 10.1. The molecule has 4 heteroatoms. The van der Waals surface area contributed by atoms with E-state index in [1.54, 1.807) is 20.1 Å². The zero-order chi connectivity index (χ0) is 15.9. The highest BCUT2D eigenvalue weighted by Gasteiger charge is 2.09. The fourth-order valence-corrected chi connectivity index (χ4v) is 2.06. The van der Waals surface area contributed by atoms with E-state index >= 15 is 0 Å². The Hall–Kier alpha value is -2.49. The highest BCUT2D eigenvalue weighted by Crippen LogP contribution is 2.24. The van der Waals surface area contributed by atoms with Crippen molar-refractivity contribution in [2.24, 2.45) is 0 Å². The molecule has 0 spiro atoms. The average molecular weight is 300 g/mol. The Morgan fingerprint density at radius 1 is 1.05 bits per heavy atom. The lowest BCUT2D eigenvalue weighted by atomic mass is 10.1. The minimum atomic E-state index is 0.0191. The van der Waals surface area contributed by atoms with E-state index in [-0.39, 0.29) is 5.78 Å². The van der Waals surface area contributed by atoms with E-state index in [1.807, 2.05) is 43.3 Å². The van der Waals surface area contributed by atoms with Crippen LogP contribution >= 0.6 is 0 Å². The maximum atomic E-state index is 11.5. The molecular formula is C18H20O4. The molecule has 0 unspecified atom stereocenters. The molecule has 0 heterocycles. The summed E-state index contributed by atoms with van der Waals surface area (Å²) < 4.78 is 16.5. The summed E-state index contributed by atoms with van der Waals surface area (Å²) in [6.45, 7) is 4.35. The van der Waals surface area contributed by atoms with Crippen LogP contribution in [0.1, 0.15) is 29.8 Å². The van der Waals surface area contributed by atoms with Crippen molar-refractivity contribution in [2.45, 2.75) is 20.5 Å². The third-order valence-electron chi connectivity index (χ3n) is 3.20. The van der Waals surface area contributed by atoms with E-state index in [1.165, 1.54) is 0 Å². The molecule has 0 amide bonds. The summed E-state index contributed by atoms with van der Waals surface area (Å²) in [7, 11) is 1.61. The van der Waals surface area contributed by atoms with Crippen LogP contribution in [0.3, 0.4) is 0 Å². The Labute approximate surface area is 130 Å². The van der Waals surface area contributed by atoms with E-state index in [4.69, 9.17) is 14.2 Å². The van der Waals surface area contributed by atoms with Crippen molar-refractivity contribution in [3.63, 3.8) is 0 Å². The van der Waals surface area contributed by atoms with Gasteiger partial charge in [0.1, 0.15) is 23.9 Å². The Kier molecular flexibility index (Phi) is 5.42. The van der Waals surface area contributed by atoms with Gasteiger partial charge in [-0.3, -0.25) is 4.79 Å². The van der Waals surface area contributed by atoms with Gasteiger partial charge in [0, 0.05) is 17.2 Å². The van der Waals surface area contributed by atoms with E-state index in [9.17, 15) is 4.79 Å². The summed E-state index contributed by atoms with van der Waals surface area (Å²) in [5, 5.41) is 0. The molecule has 0 bridgehead atoms. The number of Topliss-reactive ketones (excluding diaryl/α,β-unsaturated/α-hetero) is 1. The quantitative estimate of drug-likeness (QED) is 0.728. The molecule has 0 aliphatic heterocycles. The molecule has 0 saturated carbocycles. The molecule has 116 valence electrons. The molecule has 4 nitrogen and oxygen atoms in total. The third kappa shape index (κ3) is 4.01. The topological polar surface area (TPSA) is 44.8 Å². The van der Waals surface area contributed by atoms with Crippen LogP contribution in [-0.2, 0) is 6.61 Å². The number of hydrogen-bond acceptors (Lipinski definition) is 4. The summed E-state index contributed by atoms with van der Waals surface area (Å²) in [6.07, 6.45) is 0. The van der Waals surface area contributed by atoms with Crippen molar-refractivity contribution in [3.8, 4) is 17.2 Å². The number of rotatable bonds is 7. The predicted molar refractivity (Wildman–Crippen MR) is 84.9 cm³/mol. The van der Waals surface area contributed by atoms with Gasteiger partial charge < -0.3 is 14.2 Å². The molecule has 22 heavy (non-hydrogen) atoms. The number of hydrogen-bond donors (Lipinski definition) is 0. The first-order chi connectivity index (χ1) is 10.6. The molecule has 0 aromatic heterocycles. The lowest BCUT2D eigenvalue weighted by Crippen LogP contribution is -2.03. The molecular weight excluding hydrogens is 280 g/mol. The molecule has 0 saturated heterocycles. The first-order valence-electron chi connectivity index (χ1n) is 7.17. The number of benzene rings is 2. The van der Waals surface area contributed by atoms with Crippen LogP contribution < -0.4 is 14.2 Å². The Morgan fingerprint density at radius 2 is 1.82 bits per heavy atom. The number of carbonyl (C=O) groups excluding carboxylic acids is 1. The van der Waals surface area contributed by atoms with E-state index in [2.05, 4.69) is 0 Å². The van der Waals surface area contributed by atoms with Crippen molar-refractivity contribution in [3.05, 3.63) is 53.6 Å². The number of ketones is 1. The van der Waals surface area contributed by atoms with Crippen LogP contribution in [0.25, 0.3) is 0 Å². The summed E-state index contributed by atoms with van der Waals surface area (Å²) in [4.78, 5) is 11.5. The molecule has 0 atom stereocenters. The van der Waals surface area contributed by atoms with Gasteiger partial charge in [-0.25, -0.2) is 0 Å². The van der Waals surface area contributed by atoms with Gasteiger partial charge >= 0.3 is 0 Å². The van der Waals surface area contributed by atoms with E-state index in [0.29, 0.717) is 24.5 Å². The zero-order valence-electron chi connectivity index (χ0n) is 13.1. The molecule has 0 aliphatic carbocycles. The SMILES string of the molecule is CCOc1ccc(C(C)=O)cc1COc1cccc(OC)c1. The van der Waals surface area contributed by atoms with Crippen molar-refractivity contribution >= 4 is 5.78 Å². The lowest BCUT2D eigenvalue weighted by molar-refractivity contribution is 0.101. The van der Waals surface area contributed by atoms with Gasteiger partial charge in [-0.05, 0) is 44.2 Å². The zero-order valence-corrected chi connectivity index (χ0v) is 13.1. The lowest BCUT2D eigenvalue weighted by Gasteiger charge is -2.13. The second-order valence-electron chi connectivity index (χ2n) is 4.78. The fourth-order valence-electron chi connectivity index (χ4n) is 2.06. The predicted octanol–water partition coefficient (Wildman–Crippen LogP) is 3.88. The van der Waals surface area contributed by atoms with Gasteiger partial charge in [0.15, 0.2) is 5.78 Å². The van der Waals surface area contributed by atoms with Gasteiger partial charge in [0.05, 0.1) is 13.7 Å². The smallest absolute Gasteiger partial charge is 0.159 e. The van der Waals surface area contributed by atoms with Crippen LogP contribution in [0, 0.1) is 0 Å². The molecule has 2 aromatic rings. The minimum absolute atomic E-state index is 0.0191. The summed E-state index contributed by atoms with van der Waals surface area (Å²) >= 11 is 0. The molecule has 0 aliphatic rings. The van der Waals surface area contributed by atoms with Crippen LogP contribution in [0.4, 0.5) is 0 Å². The molecule has 0 radical (unpaired) electrons. The number of methoxy groups -OCH3 is 1. The Balaban J connectivity index is 2.19. The van der Waals surface area contributed by atoms with E-state index in [0.717, 1.165) is 17.1 Å². The standard InChI is InChI=1S/C18H20O4/c1-4-21-18-9-8-14(13(2)19)10-15(18)12-22-17-7-5-6-16(11-17)20-3/h5-11H,4,12H2,1-3H3. The molecule has 2 aromatic carbocycles. The van der Waals surface area contributed by atoms with Crippen LogP contribution in [-0.4, -0.2) is 19.5 Å². The summed E-state index contributed by atoms with van der Waals surface area (Å²) in [6, 6.07) is 12.8. The Bertz CT molecular complexity index is 649. The highest BCUT2D eigenvalue weighted by molar-refractivity contribution is 5.94. The van der Waals surface area contributed by atoms with E-state index < -0.39 is 0 Å². The van der Waals surface area contributed by atoms with Gasteiger partial charge in [-0.15, -0.1) is 0 Å². The third-order valence-corrected chi connectivity index (χ3v) is 3.20. The van der Waals surface area contributed by atoms with Crippen LogP contribution in [0.15, 0.2) is 42.5 Å². The average Bonchev–Trinajstić information content (AvgIpc) is 2.54. The molecule has 0 fully saturated rings. The maximum absolute atomic E-state index is 11.5. The minimum Gasteiger partial charge on any atom is -0.497 e. The Morgan fingerprint density at radius 3 is 2.50 bits per heavy atom. The van der Waals surface area contributed by atoms with Crippen molar-refractivity contribution in [1.29, 1.82) is 0 Å². The van der Waals surface area contributed by atoms with Crippen LogP contribution in [0.2, 0.25) is 0 Å². The monoisotopic (exact) mass is 300 g/mol. The van der Waals surface area contributed by atoms with Gasteiger partial charge in [-0.2, -0.15) is 0 Å². The van der Waals surface area contributed by atoms with Gasteiger partial charge in [-0.1, -0.05) is 6.07 Å². The number of ether oxygens (including phenoxy) is 3. The van der Waals surface area contributed by atoms with Crippen LogP contribution in [0.5, 0.6) is 17.2 Å². The molecule has 0 N–H and O–H groups in total. The largest absolute Gasteiger partial charge is 0.497 e. The molecule has 2 rings (SSSR count). The number of carbonyl (C=O) groups is 1. The maximum Gasteiger partial charge on any atom is 0.159 e. The van der Waals surface area contributed by atoms with Crippen molar-refractivity contribution in [2.75, 3.05) is 13.7 Å². The second kappa shape index (κ2) is 7.50. The first kappa shape index (κ1) is 15.9. The second-order valence-corrected chi connectivity index (χ2v) is 4.78. The highest BCUT2D eigenvalue weighted by atomic mass is 16.5. The van der Waals surface area contributed by atoms with Gasteiger partial charge in [0.25, 0.3) is 0 Å². The van der Waals surface area contributed by atoms with Crippen molar-refractivity contribution in [1.82, 2.24) is 0 Å².